The smallest absolute Gasteiger partial charge is 0.307 e. The van der Waals surface area contributed by atoms with Crippen molar-refractivity contribution in [3.05, 3.63) is 84.2 Å². The van der Waals surface area contributed by atoms with Gasteiger partial charge in [0.15, 0.2) is 22.8 Å². The summed E-state index contributed by atoms with van der Waals surface area (Å²) in [4.78, 5) is 126. The summed E-state index contributed by atoms with van der Waals surface area (Å²) < 4.78 is 149. The van der Waals surface area contributed by atoms with Crippen LogP contribution in [0.15, 0.2) is 73.1 Å². The number of ether oxygens (including phenoxy) is 6. The van der Waals surface area contributed by atoms with Crippen LogP contribution >= 0.6 is 0 Å². The number of esters is 2. The predicted molar refractivity (Wildman–Crippen MR) is 430 cm³/mol. The summed E-state index contributed by atoms with van der Waals surface area (Å²) in [5.41, 5.74) is -4.81. The van der Waals surface area contributed by atoms with Gasteiger partial charge in [0.25, 0.3) is 11.8 Å². The minimum absolute atomic E-state index is 0.0374. The molecule has 4 aliphatic carbocycles. The van der Waals surface area contributed by atoms with Crippen LogP contribution in [0.1, 0.15) is 223 Å². The first kappa shape index (κ1) is 87.5. The Labute approximate surface area is 688 Å². The normalized spacial score (nSPS) is 30.4. The van der Waals surface area contributed by atoms with Gasteiger partial charge in [-0.3, -0.25) is 47.8 Å². The van der Waals surface area contributed by atoms with E-state index in [1.807, 2.05) is 88.4 Å². The SMILES string of the molecule is C[C@@H]1CC/C=C\[C@@H]2C[C@@]2(C(=O)NS(=O)(=O)C2(C)CC2)CC(=O)[C@@H]2C[C@@H](Oc3nccc4c5c(ccc34)CCCO5)CN2C(=O)[C@@H](CC(=O)OC(C)(C)C(C)(F)F)[C@H](C)C1.C[C@H]1CC/C=C\[C@@H]2C[C@@]2(C(=O)NS(=O)(=O)C2(C)CC2)CC(=O)[C@@H]2C[C@@H](Oc3nccc4c5c(ccc34)CCCO5)CN2C(=O)[C@@H](CC(=O)OC(C)(C)C(C)(F)F)[C@H](C)C1. The zero-order chi connectivity index (χ0) is 85.4. The lowest BCUT2D eigenvalue weighted by molar-refractivity contribution is -0.197. The molecule has 4 saturated carbocycles. The summed E-state index contributed by atoms with van der Waals surface area (Å²) in [5.74, 6) is -13.4. The number of Topliss-reactive ketones (excluding diaryl/α,β-unsaturated/α-hetero) is 2. The van der Waals surface area contributed by atoms with E-state index in [-0.39, 0.29) is 75.3 Å². The van der Waals surface area contributed by atoms with E-state index < -0.39 is 171 Å². The molecule has 2 N–H and O–H groups in total. The van der Waals surface area contributed by atoms with E-state index >= 15 is 0 Å². The number of allylic oxidation sites excluding steroid dienone is 4. The van der Waals surface area contributed by atoms with Crippen LogP contribution in [0.25, 0.3) is 21.5 Å². The number of nitrogens with zero attached hydrogens (tertiary/aromatic N) is 4. The number of carbonyl (C=O) groups is 8. The number of halogens is 4. The van der Waals surface area contributed by atoms with Crippen molar-refractivity contribution in [2.45, 2.75) is 281 Å². The maximum atomic E-state index is 15.0. The molecule has 4 amide bonds. The number of hydrogen-bond acceptors (Lipinski definition) is 20. The van der Waals surface area contributed by atoms with E-state index in [9.17, 15) is 72.8 Å². The van der Waals surface area contributed by atoms with Gasteiger partial charge in [-0.25, -0.2) is 44.4 Å². The molecular weight excluding hydrogens is 1570 g/mol. The number of sulfonamides is 2. The van der Waals surface area contributed by atoms with Gasteiger partial charge in [0.1, 0.15) is 23.7 Å². The summed E-state index contributed by atoms with van der Waals surface area (Å²) in [5, 5.41) is 3.04. The van der Waals surface area contributed by atoms with Crippen LogP contribution in [-0.4, -0.2) is 167 Å². The second-order valence-corrected chi connectivity index (χ2v) is 41.8. The molecule has 30 heteroatoms. The molecule has 2 saturated heterocycles. The molecule has 4 aromatic rings. The Morgan fingerprint density at radius 1 is 0.542 bits per heavy atom. The van der Waals surface area contributed by atoms with Gasteiger partial charge in [0.2, 0.25) is 55.4 Å². The Morgan fingerprint density at radius 3 is 1.27 bits per heavy atom. The first-order valence-electron chi connectivity index (χ1n) is 42.0. The standard InChI is InChI=1S/2C44H57F2N3O9S/c2*1-26-10-7-8-12-29-23-44(29,40(53)48-59(54,55)42(5)16-17-42)24-35(50)34-21-30(57-38-32-14-13-28-11-9-19-56-37(28)31(32)15-18-47-38)25-49(34)39(52)33(27(2)20-26)22-36(51)58-41(3,4)43(6,45)46/h2*8,12-15,18,26-27,29-30,33-34H,7,9-11,16-17,19-25H2,1-6H3,(H,48,53)/b2*12-8-/t26-,27+,29+,30+,33-,34-,44+;26-,27-,29-,30-,33+,34+,44-/m01/s1. The van der Waals surface area contributed by atoms with Gasteiger partial charge in [0, 0.05) is 73.5 Å². The van der Waals surface area contributed by atoms with Crippen molar-refractivity contribution in [1.29, 1.82) is 0 Å². The van der Waals surface area contributed by atoms with Crippen molar-refractivity contribution in [2.24, 2.45) is 58.2 Å². The number of amides is 4. The first-order valence-corrected chi connectivity index (χ1v) is 45.0. The number of rotatable bonds is 18. The Kier molecular flexibility index (Phi) is 24.4. The van der Waals surface area contributed by atoms with Crippen molar-refractivity contribution >= 4 is 88.7 Å². The largest absolute Gasteiger partial charge is 0.493 e. The van der Waals surface area contributed by atoms with Crippen molar-refractivity contribution in [3.63, 3.8) is 0 Å². The lowest BCUT2D eigenvalue weighted by atomic mass is 9.82. The topological polar surface area (TPSA) is 317 Å². The molecule has 6 aliphatic heterocycles. The molecule has 2 aromatic carbocycles. The highest BCUT2D eigenvalue weighted by Crippen LogP contribution is 2.60. The lowest BCUT2D eigenvalue weighted by Crippen LogP contribution is -2.49. The van der Waals surface area contributed by atoms with Crippen molar-refractivity contribution in [2.75, 3.05) is 26.3 Å². The minimum Gasteiger partial charge on any atom is -0.493 e. The van der Waals surface area contributed by atoms with Gasteiger partial charge < -0.3 is 38.2 Å². The number of benzene rings is 2. The molecule has 0 spiro atoms. The number of pyridine rings is 2. The number of fused-ring (bicyclic) bond motifs is 10. The fourth-order valence-electron chi connectivity index (χ4n) is 18.0. The molecular formula is C88H114F4N6O18S2. The molecule has 118 heavy (non-hydrogen) atoms. The zero-order valence-electron chi connectivity index (χ0n) is 69.7. The van der Waals surface area contributed by atoms with Crippen LogP contribution in [0.4, 0.5) is 17.6 Å². The molecule has 24 nitrogen and oxygen atoms in total. The highest BCUT2D eigenvalue weighted by molar-refractivity contribution is 7.92. The quantitative estimate of drug-likeness (QED) is 0.0531. The van der Waals surface area contributed by atoms with Gasteiger partial charge in [-0.1, -0.05) is 64.1 Å². The van der Waals surface area contributed by atoms with Gasteiger partial charge in [-0.15, -0.1) is 0 Å². The molecule has 10 aliphatic rings. The van der Waals surface area contributed by atoms with E-state index in [2.05, 4.69) is 19.4 Å². The van der Waals surface area contributed by atoms with Gasteiger partial charge in [-0.2, -0.15) is 0 Å². The van der Waals surface area contributed by atoms with Crippen LogP contribution in [0.3, 0.4) is 0 Å². The van der Waals surface area contributed by atoms with E-state index in [0.29, 0.717) is 114 Å². The fraction of sp³-hybridized carbons (Fsp3) is 0.659. The summed E-state index contributed by atoms with van der Waals surface area (Å²) in [6, 6.07) is 9.30. The number of aryl methyl sites for hydroxylation is 2. The maximum absolute atomic E-state index is 15.0. The van der Waals surface area contributed by atoms with Gasteiger partial charge in [0.05, 0.1) is 83.4 Å². The number of ketones is 2. The number of aromatic nitrogens is 2. The second kappa shape index (κ2) is 32.9. The summed E-state index contributed by atoms with van der Waals surface area (Å²) >= 11 is 0. The average molecular weight is 1680 g/mol. The molecule has 2 aromatic heterocycles. The van der Waals surface area contributed by atoms with Gasteiger partial charge >= 0.3 is 11.9 Å². The predicted octanol–water partition coefficient (Wildman–Crippen LogP) is 13.7. The third-order valence-electron chi connectivity index (χ3n) is 27.3. The fourth-order valence-corrected chi connectivity index (χ4v) is 20.6. The van der Waals surface area contributed by atoms with Crippen LogP contribution in [-0.2, 0) is 80.7 Å². The highest BCUT2D eigenvalue weighted by atomic mass is 32.2. The Hall–Kier alpha value is -8.28. The summed E-state index contributed by atoms with van der Waals surface area (Å²) in [6.45, 7) is 17.8. The molecule has 644 valence electrons. The number of nitrogens with one attached hydrogen (secondary N) is 2. The Morgan fingerprint density at radius 2 is 0.915 bits per heavy atom. The van der Waals surface area contributed by atoms with Crippen LogP contribution < -0.4 is 28.4 Å². The molecule has 6 fully saturated rings. The van der Waals surface area contributed by atoms with Crippen LogP contribution in [0, 0.1) is 58.2 Å². The first-order chi connectivity index (χ1) is 55.3. The molecule has 14 rings (SSSR count). The second-order valence-electron chi connectivity index (χ2n) is 37.4. The Balaban J connectivity index is 0.000000205. The van der Waals surface area contributed by atoms with Crippen molar-refractivity contribution in [3.8, 4) is 23.3 Å². The third kappa shape index (κ3) is 18.2. The number of hydrogen-bond donors (Lipinski definition) is 2. The van der Waals surface area contributed by atoms with Crippen molar-refractivity contribution in [1.82, 2.24) is 29.2 Å². The highest BCUT2D eigenvalue weighted by Gasteiger charge is 2.65. The maximum Gasteiger partial charge on any atom is 0.307 e. The number of carbonyl (C=O) groups excluding carboxylic acids is 8. The lowest BCUT2D eigenvalue weighted by Gasteiger charge is -2.34. The zero-order valence-corrected chi connectivity index (χ0v) is 71.3. The van der Waals surface area contributed by atoms with Crippen LogP contribution in [0.2, 0.25) is 0 Å². The molecule has 8 heterocycles. The van der Waals surface area contributed by atoms with E-state index in [0.717, 1.165) is 86.8 Å². The Bertz CT molecular complexity index is 4600. The van der Waals surface area contributed by atoms with Crippen LogP contribution in [0.5, 0.6) is 23.3 Å². The van der Waals surface area contributed by atoms with E-state index in [1.165, 1.54) is 9.80 Å². The monoisotopic (exact) mass is 1680 g/mol. The van der Waals surface area contributed by atoms with Gasteiger partial charge in [-0.05, 0) is 215 Å². The van der Waals surface area contributed by atoms with E-state index in [1.54, 1.807) is 26.2 Å². The number of alkyl halides is 4. The summed E-state index contributed by atoms with van der Waals surface area (Å²) in [7, 11) is -8.01. The van der Waals surface area contributed by atoms with E-state index in [4.69, 9.17) is 28.4 Å². The summed E-state index contributed by atoms with van der Waals surface area (Å²) in [6.07, 6.45) is 17.5. The third-order valence-corrected chi connectivity index (χ3v) is 31.6. The minimum atomic E-state index is -4.00. The molecule has 0 radical (unpaired) electrons. The molecule has 0 unspecified atom stereocenters. The molecule has 14 atom stereocenters. The average Bonchev–Trinajstić information content (AvgIpc) is 1.57. The molecule has 0 bridgehead atoms. The van der Waals surface area contributed by atoms with Crippen molar-refractivity contribution < 1.29 is 101 Å².